The Bertz CT molecular complexity index is 932. The predicted octanol–water partition coefficient (Wildman–Crippen LogP) is 1.70. The van der Waals surface area contributed by atoms with Crippen molar-refractivity contribution in [1.29, 1.82) is 0 Å². The number of nitro groups is 1. The molecule has 0 saturated carbocycles. The molecule has 3 N–H and O–H groups in total. The Labute approximate surface area is 157 Å². The normalized spacial score (nSPS) is 11.0. The van der Waals surface area contributed by atoms with Gasteiger partial charge < -0.3 is 10.2 Å². The van der Waals surface area contributed by atoms with E-state index in [1.54, 1.807) is 11.9 Å². The molecule has 0 heterocycles. The molecule has 0 aromatic heterocycles. The number of carbonyl (C=O) groups is 1. The smallest absolute Gasteiger partial charge is 0.293 e. The molecule has 2 aromatic rings. The van der Waals surface area contributed by atoms with E-state index < -0.39 is 20.6 Å². The summed E-state index contributed by atoms with van der Waals surface area (Å²) in [6, 6.07) is 12.8. The number of rotatable bonds is 8. The second-order valence-electron chi connectivity index (χ2n) is 5.89. The molecule has 0 radical (unpaired) electrons. The summed E-state index contributed by atoms with van der Waals surface area (Å²) in [5.74, 6) is -0.129. The Balaban J connectivity index is 1.98. The second kappa shape index (κ2) is 8.60. The van der Waals surface area contributed by atoms with E-state index in [1.165, 1.54) is 12.1 Å². The fourth-order valence-electron chi connectivity index (χ4n) is 2.43. The van der Waals surface area contributed by atoms with Crippen LogP contribution in [0.25, 0.3) is 0 Å². The molecule has 0 atom stereocenters. The molecule has 10 heteroatoms. The van der Waals surface area contributed by atoms with E-state index >= 15 is 0 Å². The van der Waals surface area contributed by atoms with Crippen LogP contribution in [0, 0.1) is 10.1 Å². The lowest BCUT2D eigenvalue weighted by Crippen LogP contribution is -2.27. The molecule has 0 aliphatic rings. The molecule has 2 rings (SSSR count). The van der Waals surface area contributed by atoms with E-state index in [-0.39, 0.29) is 29.5 Å². The van der Waals surface area contributed by atoms with E-state index in [9.17, 15) is 23.3 Å². The van der Waals surface area contributed by atoms with E-state index in [4.69, 9.17) is 5.14 Å². The number of nitrogens with two attached hydrogens (primary N) is 1. The molecule has 2 aromatic carbocycles. The van der Waals surface area contributed by atoms with Crippen LogP contribution in [0.4, 0.5) is 11.4 Å². The molecular formula is C17H20N4O5S. The second-order valence-corrected chi connectivity index (χ2v) is 7.45. The molecule has 0 fully saturated rings. The van der Waals surface area contributed by atoms with Gasteiger partial charge in [-0.25, -0.2) is 13.6 Å². The van der Waals surface area contributed by atoms with Gasteiger partial charge in [0.25, 0.3) is 5.69 Å². The number of nitro benzene ring substituents is 1. The van der Waals surface area contributed by atoms with Crippen molar-refractivity contribution < 1.29 is 18.1 Å². The summed E-state index contributed by atoms with van der Waals surface area (Å²) in [7, 11) is -2.36. The third-order valence-corrected chi connectivity index (χ3v) is 4.75. The van der Waals surface area contributed by atoms with Gasteiger partial charge in [0.1, 0.15) is 5.69 Å². The number of sulfonamides is 1. The standard InChI is InChI=1S/C17H20N4O5S/c1-20(12-13-5-3-2-4-6-13)17(22)9-10-19-15-8-7-14(27(18,25)26)11-16(15)21(23)24/h2-8,11,19H,9-10,12H2,1H3,(H2,18,25,26). The number of benzene rings is 2. The summed E-state index contributed by atoms with van der Waals surface area (Å²) in [5.41, 5.74) is 0.688. The average Bonchev–Trinajstić information content (AvgIpc) is 2.61. The molecule has 0 aliphatic carbocycles. The minimum absolute atomic E-state index is 0.117. The highest BCUT2D eigenvalue weighted by Crippen LogP contribution is 2.27. The Hall–Kier alpha value is -2.98. The van der Waals surface area contributed by atoms with Crippen molar-refractivity contribution in [3.63, 3.8) is 0 Å². The third kappa shape index (κ3) is 5.76. The average molecular weight is 392 g/mol. The van der Waals surface area contributed by atoms with Crippen molar-refractivity contribution in [2.75, 3.05) is 18.9 Å². The van der Waals surface area contributed by atoms with Crippen LogP contribution in [-0.2, 0) is 21.4 Å². The van der Waals surface area contributed by atoms with Crippen molar-refractivity contribution in [1.82, 2.24) is 4.90 Å². The zero-order chi connectivity index (χ0) is 20.0. The van der Waals surface area contributed by atoms with E-state index in [0.29, 0.717) is 6.54 Å². The van der Waals surface area contributed by atoms with Crippen molar-refractivity contribution in [2.45, 2.75) is 17.9 Å². The summed E-state index contributed by atoms with van der Waals surface area (Å²) < 4.78 is 22.7. The molecule has 27 heavy (non-hydrogen) atoms. The van der Waals surface area contributed by atoms with Gasteiger partial charge in [0, 0.05) is 32.6 Å². The lowest BCUT2D eigenvalue weighted by atomic mass is 10.2. The van der Waals surface area contributed by atoms with Crippen LogP contribution in [0.1, 0.15) is 12.0 Å². The first kappa shape index (κ1) is 20.3. The number of carbonyl (C=O) groups excluding carboxylic acids is 1. The molecule has 1 amide bonds. The van der Waals surface area contributed by atoms with E-state index in [0.717, 1.165) is 11.6 Å². The highest BCUT2D eigenvalue weighted by atomic mass is 32.2. The van der Waals surface area contributed by atoms with Crippen LogP contribution in [0.5, 0.6) is 0 Å². The molecule has 0 saturated heterocycles. The molecule has 0 spiro atoms. The highest BCUT2D eigenvalue weighted by Gasteiger charge is 2.19. The van der Waals surface area contributed by atoms with Gasteiger partial charge in [-0.2, -0.15) is 0 Å². The van der Waals surface area contributed by atoms with Gasteiger partial charge >= 0.3 is 0 Å². The van der Waals surface area contributed by atoms with Gasteiger partial charge in [0.05, 0.1) is 9.82 Å². The Kier molecular flexibility index (Phi) is 6.48. The predicted molar refractivity (Wildman–Crippen MR) is 100 cm³/mol. The number of primary sulfonamides is 1. The number of anilines is 1. The number of amides is 1. The minimum atomic E-state index is -4.04. The fraction of sp³-hybridized carbons (Fsp3) is 0.235. The molecular weight excluding hydrogens is 372 g/mol. The minimum Gasteiger partial charge on any atom is -0.379 e. The van der Waals surface area contributed by atoms with Crippen molar-refractivity contribution in [2.24, 2.45) is 5.14 Å². The van der Waals surface area contributed by atoms with Crippen LogP contribution >= 0.6 is 0 Å². The number of nitrogens with one attached hydrogen (secondary N) is 1. The molecule has 0 bridgehead atoms. The maximum absolute atomic E-state index is 12.2. The SMILES string of the molecule is CN(Cc1ccccc1)C(=O)CCNc1ccc(S(N)(=O)=O)cc1[N+](=O)[O-]. The molecule has 0 unspecified atom stereocenters. The topological polar surface area (TPSA) is 136 Å². The Morgan fingerprint density at radius 1 is 1.22 bits per heavy atom. The van der Waals surface area contributed by atoms with Crippen LogP contribution in [0.3, 0.4) is 0 Å². The largest absolute Gasteiger partial charge is 0.379 e. The van der Waals surface area contributed by atoms with Crippen molar-refractivity contribution in [3.8, 4) is 0 Å². The van der Waals surface area contributed by atoms with E-state index in [1.807, 2.05) is 30.3 Å². The quantitative estimate of drug-likeness (QED) is 0.518. The lowest BCUT2D eigenvalue weighted by Gasteiger charge is -2.17. The van der Waals surface area contributed by atoms with Gasteiger partial charge in [0.2, 0.25) is 15.9 Å². The van der Waals surface area contributed by atoms with Crippen LogP contribution in [-0.4, -0.2) is 37.7 Å². The number of hydrogen-bond donors (Lipinski definition) is 2. The Morgan fingerprint density at radius 3 is 2.48 bits per heavy atom. The van der Waals surface area contributed by atoms with Gasteiger partial charge in [-0.15, -0.1) is 0 Å². The summed E-state index contributed by atoms with van der Waals surface area (Å²) in [6.07, 6.45) is 0.122. The van der Waals surface area contributed by atoms with Crippen molar-refractivity contribution in [3.05, 3.63) is 64.2 Å². The third-order valence-electron chi connectivity index (χ3n) is 3.84. The summed E-state index contributed by atoms with van der Waals surface area (Å²) in [5, 5.41) is 19.0. The Morgan fingerprint density at radius 2 is 1.89 bits per heavy atom. The van der Waals surface area contributed by atoms with Crippen LogP contribution < -0.4 is 10.5 Å². The zero-order valence-corrected chi connectivity index (χ0v) is 15.5. The highest BCUT2D eigenvalue weighted by molar-refractivity contribution is 7.89. The zero-order valence-electron chi connectivity index (χ0n) is 14.7. The van der Waals surface area contributed by atoms with Crippen LogP contribution in [0.2, 0.25) is 0 Å². The van der Waals surface area contributed by atoms with Crippen molar-refractivity contribution >= 4 is 27.3 Å². The molecule has 9 nitrogen and oxygen atoms in total. The van der Waals surface area contributed by atoms with E-state index in [2.05, 4.69) is 5.32 Å². The first-order valence-corrected chi connectivity index (χ1v) is 9.56. The van der Waals surface area contributed by atoms with Gasteiger partial charge in [-0.1, -0.05) is 30.3 Å². The monoisotopic (exact) mass is 392 g/mol. The molecule has 144 valence electrons. The van der Waals surface area contributed by atoms with Crippen LogP contribution in [0.15, 0.2) is 53.4 Å². The first-order chi connectivity index (χ1) is 12.7. The summed E-state index contributed by atoms with van der Waals surface area (Å²) >= 11 is 0. The van der Waals surface area contributed by atoms with Gasteiger partial charge in [0.15, 0.2) is 0 Å². The number of hydrogen-bond acceptors (Lipinski definition) is 6. The lowest BCUT2D eigenvalue weighted by molar-refractivity contribution is -0.384. The fourth-order valence-corrected chi connectivity index (χ4v) is 2.96. The summed E-state index contributed by atoms with van der Waals surface area (Å²) in [4.78, 5) is 23.9. The first-order valence-electron chi connectivity index (χ1n) is 8.01. The van der Waals surface area contributed by atoms with Gasteiger partial charge in [-0.05, 0) is 17.7 Å². The molecule has 0 aliphatic heterocycles. The maximum Gasteiger partial charge on any atom is 0.293 e. The number of nitrogens with zero attached hydrogens (tertiary/aromatic N) is 2. The maximum atomic E-state index is 12.2. The van der Waals surface area contributed by atoms with Gasteiger partial charge in [-0.3, -0.25) is 14.9 Å². The summed E-state index contributed by atoms with van der Waals surface area (Å²) in [6.45, 7) is 0.621.